The summed E-state index contributed by atoms with van der Waals surface area (Å²) in [6.07, 6.45) is 0. The predicted octanol–water partition coefficient (Wildman–Crippen LogP) is 14.5. The van der Waals surface area contributed by atoms with Gasteiger partial charge in [0.1, 0.15) is 0 Å². The van der Waals surface area contributed by atoms with E-state index in [4.69, 9.17) is 15.0 Å². The second-order valence-corrected chi connectivity index (χ2v) is 15.5. The first-order chi connectivity index (χ1) is 28.2. The maximum atomic E-state index is 5.33. The van der Waals surface area contributed by atoms with Crippen molar-refractivity contribution in [2.45, 2.75) is 0 Å². The minimum Gasteiger partial charge on any atom is -0.208 e. The Balaban J connectivity index is 1.12. The first-order valence-corrected chi connectivity index (χ1v) is 20.0. The molecule has 0 saturated heterocycles. The van der Waals surface area contributed by atoms with Gasteiger partial charge in [-0.1, -0.05) is 158 Å². The molecule has 57 heavy (non-hydrogen) atoms. The molecule has 0 unspecified atom stereocenters. The summed E-state index contributed by atoms with van der Waals surface area (Å²) in [5, 5.41) is 7.19. The molecule has 0 atom stereocenters. The van der Waals surface area contributed by atoms with Crippen LogP contribution in [0.5, 0.6) is 0 Å². The first-order valence-electron chi connectivity index (χ1n) is 19.2. The van der Waals surface area contributed by atoms with E-state index in [2.05, 4.69) is 182 Å². The molecule has 0 aliphatic heterocycles. The van der Waals surface area contributed by atoms with Gasteiger partial charge in [0.15, 0.2) is 17.5 Å². The summed E-state index contributed by atoms with van der Waals surface area (Å²) in [7, 11) is 0. The summed E-state index contributed by atoms with van der Waals surface area (Å²) in [4.78, 5) is 15.7. The first kappa shape index (κ1) is 33.1. The van der Waals surface area contributed by atoms with Crippen molar-refractivity contribution in [3.05, 3.63) is 200 Å². The maximum Gasteiger partial charge on any atom is 0.164 e. The van der Waals surface area contributed by atoms with E-state index >= 15 is 0 Å². The van der Waals surface area contributed by atoms with Gasteiger partial charge in [-0.25, -0.2) is 15.0 Å². The van der Waals surface area contributed by atoms with Gasteiger partial charge in [0, 0.05) is 36.9 Å². The van der Waals surface area contributed by atoms with Crippen LogP contribution in [0.4, 0.5) is 0 Å². The Morgan fingerprint density at radius 2 is 0.807 bits per heavy atom. The molecule has 2 aromatic heterocycles. The minimum absolute atomic E-state index is 0.629. The molecule has 0 N–H and O–H groups in total. The van der Waals surface area contributed by atoms with Gasteiger partial charge in [0.05, 0.1) is 0 Å². The van der Waals surface area contributed by atoms with Crippen molar-refractivity contribution in [2.24, 2.45) is 0 Å². The van der Waals surface area contributed by atoms with Crippen molar-refractivity contribution in [1.29, 1.82) is 0 Å². The number of thiophene rings is 1. The Kier molecular flexibility index (Phi) is 8.01. The Morgan fingerprint density at radius 3 is 1.58 bits per heavy atom. The topological polar surface area (TPSA) is 38.7 Å². The number of benzene rings is 9. The summed E-state index contributed by atoms with van der Waals surface area (Å²) in [5.74, 6) is 1.91. The van der Waals surface area contributed by atoms with Crippen LogP contribution in [0, 0.1) is 0 Å². The summed E-state index contributed by atoms with van der Waals surface area (Å²) >= 11 is 1.84. The molecule has 0 aliphatic carbocycles. The highest BCUT2D eigenvalue weighted by atomic mass is 32.1. The number of fused-ring (bicyclic) bond motifs is 5. The van der Waals surface area contributed by atoms with E-state index < -0.39 is 0 Å². The van der Waals surface area contributed by atoms with Gasteiger partial charge in [0.2, 0.25) is 0 Å². The molecule has 11 rings (SSSR count). The van der Waals surface area contributed by atoms with Crippen LogP contribution in [0.25, 0.3) is 109 Å². The molecule has 0 bridgehead atoms. The SMILES string of the molecule is c1ccc(-c2cc(-c3cccc(-c4nc(-c5ccccc5)nc(-c5cc(-c6cccc7sc8ccccc8c67)cc6ccccc56)n4)c3)c3ccccc3c2)cc1. The van der Waals surface area contributed by atoms with Crippen LogP contribution in [0.2, 0.25) is 0 Å². The van der Waals surface area contributed by atoms with E-state index in [0.717, 1.165) is 38.6 Å². The molecule has 0 radical (unpaired) electrons. The van der Waals surface area contributed by atoms with Crippen LogP contribution in [0.1, 0.15) is 0 Å². The molecule has 0 amide bonds. The Bertz CT molecular complexity index is 3300. The normalized spacial score (nSPS) is 11.5. The Morgan fingerprint density at radius 1 is 0.281 bits per heavy atom. The molecule has 266 valence electrons. The lowest BCUT2D eigenvalue weighted by Crippen LogP contribution is -2.01. The van der Waals surface area contributed by atoms with Crippen LogP contribution in [-0.4, -0.2) is 15.0 Å². The lowest BCUT2D eigenvalue weighted by Gasteiger charge is -2.14. The lowest BCUT2D eigenvalue weighted by atomic mass is 9.92. The fourth-order valence-electron chi connectivity index (χ4n) is 8.18. The van der Waals surface area contributed by atoms with Crippen LogP contribution in [0.3, 0.4) is 0 Å². The Hall–Kier alpha value is -7.27. The number of hydrogen-bond donors (Lipinski definition) is 0. The van der Waals surface area contributed by atoms with Crippen molar-refractivity contribution in [3.63, 3.8) is 0 Å². The summed E-state index contributed by atoms with van der Waals surface area (Å²) in [5.41, 5.74) is 9.81. The minimum atomic E-state index is 0.629. The van der Waals surface area contributed by atoms with Crippen LogP contribution in [0.15, 0.2) is 200 Å². The van der Waals surface area contributed by atoms with E-state index in [0.29, 0.717) is 17.5 Å². The molecule has 2 heterocycles. The third-order valence-corrected chi connectivity index (χ3v) is 12.0. The van der Waals surface area contributed by atoms with E-state index in [9.17, 15) is 0 Å². The Labute approximate surface area is 334 Å². The zero-order chi connectivity index (χ0) is 37.7. The predicted molar refractivity (Wildman–Crippen MR) is 240 cm³/mol. The summed E-state index contributed by atoms with van der Waals surface area (Å²) in [6, 6.07) is 71.1. The highest BCUT2D eigenvalue weighted by molar-refractivity contribution is 7.25. The molecule has 4 heteroatoms. The molecular formula is C53H33N3S. The highest BCUT2D eigenvalue weighted by Crippen LogP contribution is 2.43. The smallest absolute Gasteiger partial charge is 0.164 e. The van der Waals surface area contributed by atoms with Crippen molar-refractivity contribution >= 4 is 53.1 Å². The fraction of sp³-hybridized carbons (Fsp3) is 0. The molecule has 0 fully saturated rings. The number of hydrogen-bond acceptors (Lipinski definition) is 4. The average molecular weight is 744 g/mol. The van der Waals surface area contributed by atoms with Crippen molar-refractivity contribution in [2.75, 3.05) is 0 Å². The third-order valence-electron chi connectivity index (χ3n) is 10.9. The average Bonchev–Trinajstić information content (AvgIpc) is 3.68. The summed E-state index contributed by atoms with van der Waals surface area (Å²) < 4.78 is 2.57. The van der Waals surface area contributed by atoms with Crippen LogP contribution >= 0.6 is 11.3 Å². The molecule has 9 aromatic carbocycles. The second kappa shape index (κ2) is 13.8. The van der Waals surface area contributed by atoms with Crippen molar-refractivity contribution in [3.8, 4) is 67.5 Å². The van der Waals surface area contributed by atoms with Gasteiger partial charge in [-0.2, -0.15) is 0 Å². The zero-order valence-corrected chi connectivity index (χ0v) is 31.6. The lowest BCUT2D eigenvalue weighted by molar-refractivity contribution is 1.08. The van der Waals surface area contributed by atoms with E-state index in [1.807, 2.05) is 29.5 Å². The van der Waals surface area contributed by atoms with Crippen molar-refractivity contribution < 1.29 is 0 Å². The fourth-order valence-corrected chi connectivity index (χ4v) is 9.31. The van der Waals surface area contributed by atoms with E-state index in [-0.39, 0.29) is 0 Å². The monoisotopic (exact) mass is 743 g/mol. The van der Waals surface area contributed by atoms with E-state index in [1.54, 1.807) is 0 Å². The number of nitrogens with zero attached hydrogens (tertiary/aromatic N) is 3. The molecular weight excluding hydrogens is 711 g/mol. The van der Waals surface area contributed by atoms with Gasteiger partial charge in [-0.3, -0.25) is 0 Å². The molecule has 0 saturated carbocycles. The molecule has 0 spiro atoms. The van der Waals surface area contributed by atoms with Crippen molar-refractivity contribution in [1.82, 2.24) is 15.0 Å². The van der Waals surface area contributed by atoms with Crippen LogP contribution in [-0.2, 0) is 0 Å². The van der Waals surface area contributed by atoms with E-state index in [1.165, 1.54) is 53.2 Å². The quantitative estimate of drug-likeness (QED) is 0.170. The van der Waals surface area contributed by atoms with Crippen LogP contribution < -0.4 is 0 Å². The van der Waals surface area contributed by atoms with Gasteiger partial charge >= 0.3 is 0 Å². The highest BCUT2D eigenvalue weighted by Gasteiger charge is 2.18. The largest absolute Gasteiger partial charge is 0.208 e. The number of aromatic nitrogens is 3. The second-order valence-electron chi connectivity index (χ2n) is 14.4. The number of rotatable bonds is 6. The maximum absolute atomic E-state index is 5.33. The van der Waals surface area contributed by atoms with Gasteiger partial charge in [0.25, 0.3) is 0 Å². The third kappa shape index (κ3) is 5.95. The standard InChI is InChI=1S/C53H33N3S/c1-3-15-34(16-4-1)40-30-36-19-7-9-23-42(36)46(32-40)38-21-13-22-39(29-38)52-54-51(35-17-5-2-6-18-35)55-53(56-52)47-33-41(31-37-20-8-10-24-43(37)47)44-26-14-28-49-50(44)45-25-11-12-27-48(45)57-49/h1-33H. The summed E-state index contributed by atoms with van der Waals surface area (Å²) in [6.45, 7) is 0. The molecule has 11 aromatic rings. The molecule has 0 aliphatic rings. The van der Waals surface area contributed by atoms with Gasteiger partial charge < -0.3 is 0 Å². The zero-order valence-electron chi connectivity index (χ0n) is 30.8. The molecule has 3 nitrogen and oxygen atoms in total. The van der Waals surface area contributed by atoms with Gasteiger partial charge in [-0.05, 0) is 97.4 Å². The van der Waals surface area contributed by atoms with Gasteiger partial charge in [-0.15, -0.1) is 11.3 Å².